The Morgan fingerprint density at radius 3 is 2.95 bits per heavy atom. The van der Waals surface area contributed by atoms with Gasteiger partial charge in [0.25, 0.3) is 5.91 Å². The molecule has 1 saturated heterocycles. The second-order valence-electron chi connectivity index (χ2n) is 5.96. The van der Waals surface area contributed by atoms with Crippen LogP contribution in [0.15, 0.2) is 5.38 Å². The third-order valence-electron chi connectivity index (χ3n) is 4.45. The van der Waals surface area contributed by atoms with Gasteiger partial charge in [0.2, 0.25) is 0 Å². The summed E-state index contributed by atoms with van der Waals surface area (Å²) in [6, 6.07) is 0. The van der Waals surface area contributed by atoms with Crippen LogP contribution in [0.5, 0.6) is 0 Å². The number of hydrogen-bond donors (Lipinski definition) is 2. The molecule has 0 aromatic carbocycles. The average Bonchev–Trinajstić information content (AvgIpc) is 2.96. The van der Waals surface area contributed by atoms with Gasteiger partial charge in [-0.3, -0.25) is 4.79 Å². The lowest BCUT2D eigenvalue weighted by atomic mass is 9.96. The predicted octanol–water partition coefficient (Wildman–Crippen LogP) is 1.65. The van der Waals surface area contributed by atoms with Crippen LogP contribution in [0.25, 0.3) is 0 Å². The van der Waals surface area contributed by atoms with Crippen LogP contribution in [0, 0.1) is 0 Å². The zero-order valence-corrected chi connectivity index (χ0v) is 13.4. The molecule has 0 saturated carbocycles. The first kappa shape index (κ1) is 15.0. The normalized spacial score (nSPS) is 19.2. The molecule has 116 valence electrons. The molecule has 1 aromatic heterocycles. The third kappa shape index (κ3) is 3.84. The van der Waals surface area contributed by atoms with Crippen LogP contribution >= 0.6 is 11.3 Å². The monoisotopic (exact) mass is 307 g/mol. The van der Waals surface area contributed by atoms with Gasteiger partial charge in [-0.05, 0) is 44.2 Å². The van der Waals surface area contributed by atoms with Crippen molar-refractivity contribution in [1.82, 2.24) is 15.5 Å². The SMILES string of the molecule is O=C(NCCCN1CCNCC1)c1csc2c1CCCC2. The van der Waals surface area contributed by atoms with Gasteiger partial charge < -0.3 is 15.5 Å². The van der Waals surface area contributed by atoms with Gasteiger partial charge in [-0.15, -0.1) is 11.3 Å². The van der Waals surface area contributed by atoms with E-state index < -0.39 is 0 Å². The van der Waals surface area contributed by atoms with E-state index in [9.17, 15) is 4.79 Å². The van der Waals surface area contributed by atoms with Gasteiger partial charge in [0.05, 0.1) is 5.56 Å². The topological polar surface area (TPSA) is 44.4 Å². The summed E-state index contributed by atoms with van der Waals surface area (Å²) in [5.41, 5.74) is 2.27. The summed E-state index contributed by atoms with van der Waals surface area (Å²) in [7, 11) is 0. The second kappa shape index (κ2) is 7.38. The lowest BCUT2D eigenvalue weighted by Crippen LogP contribution is -2.44. The molecule has 0 atom stereocenters. The van der Waals surface area contributed by atoms with Crippen molar-refractivity contribution in [3.63, 3.8) is 0 Å². The smallest absolute Gasteiger partial charge is 0.252 e. The molecule has 1 aromatic rings. The lowest BCUT2D eigenvalue weighted by Gasteiger charge is -2.27. The maximum absolute atomic E-state index is 12.3. The molecule has 21 heavy (non-hydrogen) atoms. The van der Waals surface area contributed by atoms with Gasteiger partial charge in [0.1, 0.15) is 0 Å². The summed E-state index contributed by atoms with van der Waals surface area (Å²) in [6.45, 7) is 6.32. The highest BCUT2D eigenvalue weighted by Crippen LogP contribution is 2.30. The van der Waals surface area contributed by atoms with Crippen LogP contribution in [0.2, 0.25) is 0 Å². The number of nitrogens with zero attached hydrogens (tertiary/aromatic N) is 1. The molecule has 2 aliphatic rings. The number of hydrogen-bond acceptors (Lipinski definition) is 4. The maximum atomic E-state index is 12.3. The molecule has 2 N–H and O–H groups in total. The Balaban J connectivity index is 1.43. The molecule has 0 spiro atoms. The Morgan fingerprint density at radius 2 is 2.10 bits per heavy atom. The molecule has 1 amide bonds. The Morgan fingerprint density at radius 1 is 1.29 bits per heavy atom. The highest BCUT2D eigenvalue weighted by molar-refractivity contribution is 7.10. The number of aryl methyl sites for hydroxylation is 1. The van der Waals surface area contributed by atoms with Gasteiger partial charge in [-0.25, -0.2) is 0 Å². The van der Waals surface area contributed by atoms with Gasteiger partial charge in [-0.2, -0.15) is 0 Å². The fourth-order valence-corrected chi connectivity index (χ4v) is 4.34. The molecule has 1 aliphatic carbocycles. The fraction of sp³-hybridized carbons (Fsp3) is 0.688. The summed E-state index contributed by atoms with van der Waals surface area (Å²) in [5, 5.41) is 8.52. The molecule has 1 aliphatic heterocycles. The summed E-state index contributed by atoms with van der Waals surface area (Å²) < 4.78 is 0. The maximum Gasteiger partial charge on any atom is 0.252 e. The minimum atomic E-state index is 0.134. The number of rotatable bonds is 5. The van der Waals surface area contributed by atoms with Crippen LogP contribution in [0.3, 0.4) is 0 Å². The molecular formula is C16H25N3OS. The van der Waals surface area contributed by atoms with E-state index in [1.165, 1.54) is 23.3 Å². The zero-order chi connectivity index (χ0) is 14.5. The quantitative estimate of drug-likeness (QED) is 0.813. The number of carbonyl (C=O) groups is 1. The molecule has 2 heterocycles. The van der Waals surface area contributed by atoms with Gasteiger partial charge in [0.15, 0.2) is 0 Å². The van der Waals surface area contributed by atoms with E-state index in [2.05, 4.69) is 20.9 Å². The number of nitrogens with one attached hydrogen (secondary N) is 2. The third-order valence-corrected chi connectivity index (χ3v) is 5.54. The van der Waals surface area contributed by atoms with Crippen molar-refractivity contribution in [2.75, 3.05) is 39.3 Å². The number of fused-ring (bicyclic) bond motifs is 1. The van der Waals surface area contributed by atoms with E-state index in [-0.39, 0.29) is 5.91 Å². The molecule has 3 rings (SSSR count). The highest BCUT2D eigenvalue weighted by Gasteiger charge is 2.19. The number of thiophene rings is 1. The second-order valence-corrected chi connectivity index (χ2v) is 6.92. The molecule has 1 fully saturated rings. The Kier molecular flexibility index (Phi) is 5.27. The van der Waals surface area contributed by atoms with Crippen LogP contribution in [0.1, 0.15) is 40.1 Å². The van der Waals surface area contributed by atoms with Crippen LogP contribution in [-0.4, -0.2) is 50.1 Å². The van der Waals surface area contributed by atoms with Crippen molar-refractivity contribution in [2.24, 2.45) is 0 Å². The minimum Gasteiger partial charge on any atom is -0.352 e. The van der Waals surface area contributed by atoms with Crippen LogP contribution in [0.4, 0.5) is 0 Å². The van der Waals surface area contributed by atoms with E-state index in [1.54, 1.807) is 11.3 Å². The summed E-state index contributed by atoms with van der Waals surface area (Å²) in [5.74, 6) is 0.134. The first-order chi connectivity index (χ1) is 10.3. The number of amides is 1. The van der Waals surface area contributed by atoms with Crippen LogP contribution in [-0.2, 0) is 12.8 Å². The zero-order valence-electron chi connectivity index (χ0n) is 12.6. The predicted molar refractivity (Wildman–Crippen MR) is 87.2 cm³/mol. The van der Waals surface area contributed by atoms with Gasteiger partial charge >= 0.3 is 0 Å². The summed E-state index contributed by atoms with van der Waals surface area (Å²) in [6.07, 6.45) is 5.79. The van der Waals surface area contributed by atoms with E-state index >= 15 is 0 Å². The van der Waals surface area contributed by atoms with Crippen molar-refractivity contribution >= 4 is 17.2 Å². The van der Waals surface area contributed by atoms with E-state index in [0.717, 1.165) is 64.1 Å². The minimum absolute atomic E-state index is 0.134. The standard InChI is InChI=1S/C16H25N3OS/c20-16(14-12-21-15-5-2-1-4-13(14)15)18-6-3-9-19-10-7-17-8-11-19/h12,17H,1-11H2,(H,18,20). The van der Waals surface area contributed by atoms with Gasteiger partial charge in [-0.1, -0.05) is 0 Å². The van der Waals surface area contributed by atoms with E-state index in [1.807, 2.05) is 0 Å². The number of piperazine rings is 1. The molecule has 0 radical (unpaired) electrons. The first-order valence-electron chi connectivity index (χ1n) is 8.15. The van der Waals surface area contributed by atoms with Crippen molar-refractivity contribution in [3.05, 3.63) is 21.4 Å². The lowest BCUT2D eigenvalue weighted by molar-refractivity contribution is 0.0950. The Hall–Kier alpha value is -0.910. The Bertz CT molecular complexity index is 480. The molecule has 4 nitrogen and oxygen atoms in total. The summed E-state index contributed by atoms with van der Waals surface area (Å²) in [4.78, 5) is 16.2. The Labute approximate surface area is 130 Å². The van der Waals surface area contributed by atoms with E-state index in [4.69, 9.17) is 0 Å². The molecular weight excluding hydrogens is 282 g/mol. The fourth-order valence-electron chi connectivity index (χ4n) is 3.22. The average molecular weight is 307 g/mol. The largest absolute Gasteiger partial charge is 0.352 e. The van der Waals surface area contributed by atoms with Crippen molar-refractivity contribution < 1.29 is 4.79 Å². The van der Waals surface area contributed by atoms with Crippen molar-refractivity contribution in [3.8, 4) is 0 Å². The highest BCUT2D eigenvalue weighted by atomic mass is 32.1. The molecule has 0 bridgehead atoms. The van der Waals surface area contributed by atoms with Crippen LogP contribution < -0.4 is 10.6 Å². The van der Waals surface area contributed by atoms with E-state index in [0.29, 0.717) is 0 Å². The van der Waals surface area contributed by atoms with Gasteiger partial charge in [0, 0.05) is 43.0 Å². The number of carbonyl (C=O) groups excluding carboxylic acids is 1. The van der Waals surface area contributed by atoms with Crippen molar-refractivity contribution in [2.45, 2.75) is 32.1 Å². The molecule has 5 heteroatoms. The first-order valence-corrected chi connectivity index (χ1v) is 9.03. The summed E-state index contributed by atoms with van der Waals surface area (Å²) >= 11 is 1.77. The molecule has 0 unspecified atom stereocenters. The van der Waals surface area contributed by atoms with Crippen molar-refractivity contribution in [1.29, 1.82) is 0 Å².